The average molecular weight is 458 g/mol. The van der Waals surface area contributed by atoms with E-state index in [1.807, 2.05) is 0 Å². The highest BCUT2D eigenvalue weighted by atomic mass is 35.5. The summed E-state index contributed by atoms with van der Waals surface area (Å²) in [7, 11) is 0. The minimum absolute atomic E-state index is 0.141. The van der Waals surface area contributed by atoms with Gasteiger partial charge in [0, 0.05) is 29.0 Å². The van der Waals surface area contributed by atoms with Crippen molar-refractivity contribution in [1.82, 2.24) is 9.88 Å². The van der Waals surface area contributed by atoms with Gasteiger partial charge in [-0.05, 0) is 54.3 Å². The van der Waals surface area contributed by atoms with Gasteiger partial charge in [-0.1, -0.05) is 17.7 Å². The van der Waals surface area contributed by atoms with Crippen LogP contribution in [0.5, 0.6) is 5.75 Å². The average Bonchev–Trinajstić information content (AvgIpc) is 3.15. The van der Waals surface area contributed by atoms with Gasteiger partial charge in [-0.25, -0.2) is 8.78 Å². The molecule has 0 aliphatic heterocycles. The Morgan fingerprint density at radius 3 is 2.66 bits per heavy atom. The molecule has 0 bridgehead atoms. The summed E-state index contributed by atoms with van der Waals surface area (Å²) in [6, 6.07) is 6.80. The molecule has 1 heterocycles. The molecule has 1 aliphatic rings. The molecule has 4 rings (SSSR count). The Hall–Kier alpha value is -3.52. The van der Waals surface area contributed by atoms with Crippen LogP contribution in [0, 0.1) is 11.6 Å². The number of phenolic OH excluding ortho intramolecular Hbond substituents is 1. The number of pyridine rings is 1. The first kappa shape index (κ1) is 21.7. The second-order valence-corrected chi connectivity index (χ2v) is 7.91. The van der Waals surface area contributed by atoms with Gasteiger partial charge in [0.15, 0.2) is 0 Å². The molecule has 6 nitrogen and oxygen atoms in total. The molecule has 9 heteroatoms. The van der Waals surface area contributed by atoms with E-state index in [9.17, 15) is 23.5 Å². The second-order valence-electron chi connectivity index (χ2n) is 7.48. The van der Waals surface area contributed by atoms with Gasteiger partial charge in [0.2, 0.25) is 5.91 Å². The summed E-state index contributed by atoms with van der Waals surface area (Å²) < 4.78 is 28.1. The fourth-order valence-corrected chi connectivity index (χ4v) is 4.39. The third-order valence-corrected chi connectivity index (χ3v) is 5.75. The number of benzene rings is 2. The predicted molar refractivity (Wildman–Crippen MR) is 113 cm³/mol. The number of aromatic nitrogens is 1. The van der Waals surface area contributed by atoms with Gasteiger partial charge in [0.1, 0.15) is 23.4 Å². The molecule has 2 atom stereocenters. The van der Waals surface area contributed by atoms with Crippen LogP contribution in [0.1, 0.15) is 45.6 Å². The van der Waals surface area contributed by atoms with E-state index in [4.69, 9.17) is 17.3 Å². The molecular weight excluding hydrogens is 440 g/mol. The number of nitrogens with two attached hydrogens (primary N) is 1. The summed E-state index contributed by atoms with van der Waals surface area (Å²) in [5.41, 5.74) is 6.65. The number of fused-ring (bicyclic) bond motifs is 1. The molecule has 1 aliphatic carbocycles. The molecule has 164 valence electrons. The zero-order valence-electron chi connectivity index (χ0n) is 16.6. The van der Waals surface area contributed by atoms with E-state index in [0.29, 0.717) is 29.5 Å². The number of nitrogens with zero attached hydrogens (tertiary/aromatic N) is 2. The van der Waals surface area contributed by atoms with Crippen molar-refractivity contribution in [2.24, 2.45) is 5.73 Å². The van der Waals surface area contributed by atoms with Gasteiger partial charge in [0.25, 0.3) is 5.91 Å². The third kappa shape index (κ3) is 3.89. The maximum absolute atomic E-state index is 14.5. The Bertz CT molecular complexity index is 1210. The van der Waals surface area contributed by atoms with Crippen LogP contribution in [-0.4, -0.2) is 26.8 Å². The minimum Gasteiger partial charge on any atom is -0.507 e. The maximum Gasteiger partial charge on any atom is 0.259 e. The van der Waals surface area contributed by atoms with E-state index in [2.05, 4.69) is 4.98 Å². The summed E-state index contributed by atoms with van der Waals surface area (Å²) in [6.07, 6.45) is 3.50. The molecule has 1 unspecified atom stereocenters. The lowest BCUT2D eigenvalue weighted by Crippen LogP contribution is -2.43. The van der Waals surface area contributed by atoms with Crippen molar-refractivity contribution in [2.45, 2.75) is 24.9 Å². The monoisotopic (exact) mass is 457 g/mol. The minimum atomic E-state index is -1.28. The molecule has 32 heavy (non-hydrogen) atoms. The Kier molecular flexibility index (Phi) is 5.80. The summed E-state index contributed by atoms with van der Waals surface area (Å²) in [6.45, 7) is 0. The standard InChI is InChI=1S/C23H18ClF2N3O3/c24-13-8-17-15(18(26)9-13)5-6-19(17)29(21(22(27)31)12-2-1-7-28-11-12)23(32)16-4-3-14(25)10-20(16)30/h1-4,7-11,19,21,30H,5-6H2,(H2,27,31)/t19-,21?/m1/s1. The highest BCUT2D eigenvalue weighted by Crippen LogP contribution is 2.43. The van der Waals surface area contributed by atoms with Crippen LogP contribution in [0.25, 0.3) is 0 Å². The van der Waals surface area contributed by atoms with E-state index >= 15 is 0 Å². The number of hydrogen-bond donors (Lipinski definition) is 2. The molecule has 2 amide bonds. The van der Waals surface area contributed by atoms with Gasteiger partial charge in [-0.2, -0.15) is 0 Å². The first-order chi connectivity index (χ1) is 15.3. The number of primary amides is 1. The largest absolute Gasteiger partial charge is 0.507 e. The molecule has 2 aromatic carbocycles. The summed E-state index contributed by atoms with van der Waals surface area (Å²) >= 11 is 6.07. The van der Waals surface area contributed by atoms with Gasteiger partial charge < -0.3 is 15.7 Å². The number of phenols is 1. The molecule has 0 fully saturated rings. The van der Waals surface area contributed by atoms with Gasteiger partial charge >= 0.3 is 0 Å². The van der Waals surface area contributed by atoms with E-state index < -0.39 is 41.3 Å². The van der Waals surface area contributed by atoms with Crippen LogP contribution >= 0.6 is 11.6 Å². The number of aromatic hydroxyl groups is 1. The number of amides is 2. The molecular formula is C23H18ClF2N3O3. The number of halogens is 3. The predicted octanol–water partition coefficient (Wildman–Crippen LogP) is 4.08. The molecule has 3 N–H and O–H groups in total. The summed E-state index contributed by atoms with van der Waals surface area (Å²) in [5.74, 6) is -3.45. The van der Waals surface area contributed by atoms with Crippen LogP contribution in [0.2, 0.25) is 5.02 Å². The zero-order valence-corrected chi connectivity index (χ0v) is 17.4. The van der Waals surface area contributed by atoms with Crippen LogP contribution in [0.15, 0.2) is 54.9 Å². The molecule has 0 radical (unpaired) electrons. The Balaban J connectivity index is 1.90. The number of hydrogen-bond acceptors (Lipinski definition) is 4. The Morgan fingerprint density at radius 1 is 1.22 bits per heavy atom. The fraction of sp³-hybridized carbons (Fsp3) is 0.174. The Labute approximate surface area is 187 Å². The molecule has 3 aromatic rings. The van der Waals surface area contributed by atoms with Crippen LogP contribution in [0.3, 0.4) is 0 Å². The van der Waals surface area contributed by atoms with E-state index in [0.717, 1.165) is 18.2 Å². The van der Waals surface area contributed by atoms with E-state index in [-0.39, 0.29) is 10.6 Å². The lowest BCUT2D eigenvalue weighted by molar-refractivity contribution is -0.123. The van der Waals surface area contributed by atoms with Crippen LogP contribution in [-0.2, 0) is 11.2 Å². The molecule has 0 spiro atoms. The first-order valence-corrected chi connectivity index (χ1v) is 10.1. The van der Waals surface area contributed by atoms with Crippen molar-refractivity contribution < 1.29 is 23.5 Å². The number of carbonyl (C=O) groups is 2. The van der Waals surface area contributed by atoms with Crippen molar-refractivity contribution in [3.8, 4) is 5.75 Å². The zero-order chi connectivity index (χ0) is 23.0. The molecule has 0 saturated heterocycles. The molecule has 1 aromatic heterocycles. The van der Waals surface area contributed by atoms with E-state index in [1.54, 1.807) is 18.2 Å². The van der Waals surface area contributed by atoms with E-state index in [1.165, 1.54) is 23.4 Å². The Morgan fingerprint density at radius 2 is 2.00 bits per heavy atom. The van der Waals surface area contributed by atoms with Gasteiger partial charge in [-0.3, -0.25) is 14.6 Å². The SMILES string of the molecule is NC(=O)C(c1cccnc1)N(C(=O)c1ccc(F)cc1O)[C@@H]1CCc2c(F)cc(Cl)cc21. The van der Waals surface area contributed by atoms with Gasteiger partial charge in [-0.15, -0.1) is 0 Å². The van der Waals surface area contributed by atoms with Crippen LogP contribution < -0.4 is 5.73 Å². The van der Waals surface area contributed by atoms with Gasteiger partial charge in [0.05, 0.1) is 11.6 Å². The van der Waals surface area contributed by atoms with Crippen molar-refractivity contribution >= 4 is 23.4 Å². The number of rotatable bonds is 5. The first-order valence-electron chi connectivity index (χ1n) is 9.76. The lowest BCUT2D eigenvalue weighted by atomic mass is 9.98. The topological polar surface area (TPSA) is 96.5 Å². The second kappa shape index (κ2) is 8.55. The third-order valence-electron chi connectivity index (χ3n) is 5.53. The number of carbonyl (C=O) groups excluding carboxylic acids is 2. The van der Waals surface area contributed by atoms with Crippen molar-refractivity contribution in [3.63, 3.8) is 0 Å². The van der Waals surface area contributed by atoms with Crippen LogP contribution in [0.4, 0.5) is 8.78 Å². The van der Waals surface area contributed by atoms with Crippen molar-refractivity contribution in [3.05, 3.63) is 93.8 Å². The fourth-order valence-electron chi connectivity index (χ4n) is 4.17. The smallest absolute Gasteiger partial charge is 0.259 e. The highest BCUT2D eigenvalue weighted by Gasteiger charge is 2.41. The highest BCUT2D eigenvalue weighted by molar-refractivity contribution is 6.30. The normalized spacial score (nSPS) is 15.8. The van der Waals surface area contributed by atoms with Crippen molar-refractivity contribution in [2.75, 3.05) is 0 Å². The maximum atomic E-state index is 14.5. The van der Waals surface area contributed by atoms with Crippen molar-refractivity contribution in [1.29, 1.82) is 0 Å². The quantitative estimate of drug-likeness (QED) is 0.603. The molecule has 0 saturated carbocycles. The lowest BCUT2D eigenvalue weighted by Gasteiger charge is -2.35. The summed E-state index contributed by atoms with van der Waals surface area (Å²) in [4.78, 5) is 31.4. The summed E-state index contributed by atoms with van der Waals surface area (Å²) in [5, 5.41) is 10.4.